The summed E-state index contributed by atoms with van der Waals surface area (Å²) in [5.74, 6) is -0.949. The quantitative estimate of drug-likeness (QED) is 0.347. The lowest BCUT2D eigenvalue weighted by Crippen LogP contribution is -2.27. The maximum absolute atomic E-state index is 13.7. The minimum Gasteiger partial charge on any atom is -0.352 e. The van der Waals surface area contributed by atoms with E-state index in [1.54, 1.807) is 0 Å². The summed E-state index contributed by atoms with van der Waals surface area (Å²) in [6.45, 7) is 0.537. The Bertz CT molecular complexity index is 1100. The zero-order valence-corrected chi connectivity index (χ0v) is 18.3. The van der Waals surface area contributed by atoms with Gasteiger partial charge in [0.15, 0.2) is 5.69 Å². The van der Waals surface area contributed by atoms with Gasteiger partial charge in [0.25, 0.3) is 5.91 Å². The monoisotopic (exact) mass is 513 g/mol. The van der Waals surface area contributed by atoms with E-state index in [2.05, 4.69) is 15.4 Å². The lowest BCUT2D eigenvalue weighted by atomic mass is 10.1. The largest absolute Gasteiger partial charge is 0.434 e. The van der Waals surface area contributed by atoms with Gasteiger partial charge < -0.3 is 11.1 Å². The van der Waals surface area contributed by atoms with Crippen molar-refractivity contribution in [3.8, 4) is 16.4 Å². The molecule has 0 unspecified atom stereocenters. The molecule has 0 aliphatic carbocycles. The maximum Gasteiger partial charge on any atom is 0.434 e. The van der Waals surface area contributed by atoms with Gasteiger partial charge in [-0.1, -0.05) is 12.1 Å². The van der Waals surface area contributed by atoms with E-state index in [0.29, 0.717) is 24.1 Å². The summed E-state index contributed by atoms with van der Waals surface area (Å²) in [5, 5.41) is 7.13. The van der Waals surface area contributed by atoms with Crippen LogP contribution >= 0.6 is 23.7 Å². The van der Waals surface area contributed by atoms with E-state index >= 15 is 0 Å². The van der Waals surface area contributed by atoms with Crippen LogP contribution in [0, 0.1) is 0 Å². The van der Waals surface area contributed by atoms with Gasteiger partial charge >= 0.3 is 12.4 Å². The Kier molecular flexibility index (Phi) is 8.49. The Morgan fingerprint density at radius 1 is 1.12 bits per heavy atom. The zero-order valence-electron chi connectivity index (χ0n) is 16.7. The summed E-state index contributed by atoms with van der Waals surface area (Å²) < 4.78 is 80.5. The number of hydrogen-bond acceptors (Lipinski definition) is 5. The number of benzene rings is 1. The third kappa shape index (κ3) is 6.24. The average Bonchev–Trinajstić information content (AvgIpc) is 3.37. The topological polar surface area (TPSA) is 85.8 Å². The van der Waals surface area contributed by atoms with Crippen molar-refractivity contribution in [2.24, 2.45) is 5.73 Å². The van der Waals surface area contributed by atoms with Crippen LogP contribution in [0.5, 0.6) is 0 Å². The Morgan fingerprint density at radius 2 is 1.85 bits per heavy atom. The van der Waals surface area contributed by atoms with Gasteiger partial charge in [0, 0.05) is 17.5 Å². The molecule has 0 fully saturated rings. The SMILES string of the molecule is Cl.NCCCCNC(=O)c1cnn(-c2nc(-c3cccc(C(F)(F)F)c3)cs2)c1C(F)(F)F. The highest BCUT2D eigenvalue weighted by molar-refractivity contribution is 7.12. The van der Waals surface area contributed by atoms with Gasteiger partial charge in [0.1, 0.15) is 0 Å². The number of aromatic nitrogens is 3. The van der Waals surface area contributed by atoms with Crippen molar-refractivity contribution in [2.45, 2.75) is 25.2 Å². The lowest BCUT2D eigenvalue weighted by molar-refractivity contribution is -0.143. The molecule has 2 heterocycles. The molecule has 0 radical (unpaired) electrons. The number of carbonyl (C=O) groups is 1. The molecule has 2 aromatic heterocycles. The van der Waals surface area contributed by atoms with E-state index in [0.717, 1.165) is 29.7 Å². The molecular formula is C19H18ClF6N5OS. The molecule has 0 aliphatic heterocycles. The molecule has 1 amide bonds. The van der Waals surface area contributed by atoms with Crippen molar-refractivity contribution in [1.82, 2.24) is 20.1 Å². The fraction of sp³-hybridized carbons (Fsp3) is 0.316. The number of carbonyl (C=O) groups excluding carboxylic acids is 1. The van der Waals surface area contributed by atoms with Crippen molar-refractivity contribution >= 4 is 29.7 Å². The first kappa shape index (κ1) is 26.6. The second kappa shape index (κ2) is 10.5. The van der Waals surface area contributed by atoms with Gasteiger partial charge in [-0.15, -0.1) is 23.7 Å². The normalized spacial score (nSPS) is 11.8. The number of nitrogens with zero attached hydrogens (tertiary/aromatic N) is 3. The molecule has 3 N–H and O–H groups in total. The molecule has 6 nitrogen and oxygen atoms in total. The van der Waals surface area contributed by atoms with E-state index in [1.807, 2.05) is 0 Å². The van der Waals surface area contributed by atoms with Crippen molar-refractivity contribution in [3.05, 3.63) is 52.7 Å². The van der Waals surface area contributed by atoms with Gasteiger partial charge in [-0.3, -0.25) is 4.79 Å². The number of nitrogens with one attached hydrogen (secondary N) is 1. The minimum absolute atomic E-state index is 0. The van der Waals surface area contributed by atoms with Crippen LogP contribution in [0.2, 0.25) is 0 Å². The van der Waals surface area contributed by atoms with Crippen molar-refractivity contribution < 1.29 is 31.1 Å². The molecule has 0 aliphatic rings. The first-order valence-corrected chi connectivity index (χ1v) is 10.2. The molecule has 3 aromatic rings. The van der Waals surface area contributed by atoms with E-state index in [-0.39, 0.29) is 35.3 Å². The van der Waals surface area contributed by atoms with Crippen LogP contribution in [-0.4, -0.2) is 33.8 Å². The van der Waals surface area contributed by atoms with Crippen LogP contribution in [-0.2, 0) is 12.4 Å². The Hall–Kier alpha value is -2.64. The number of hydrogen-bond donors (Lipinski definition) is 2. The summed E-state index contributed by atoms with van der Waals surface area (Å²) in [6.07, 6.45) is -7.62. The molecule has 14 heteroatoms. The first-order chi connectivity index (χ1) is 15.0. The fourth-order valence-corrected chi connectivity index (χ4v) is 3.64. The summed E-state index contributed by atoms with van der Waals surface area (Å²) in [4.78, 5) is 16.3. The van der Waals surface area contributed by atoms with Gasteiger partial charge in [0.2, 0.25) is 5.13 Å². The molecule has 0 saturated heterocycles. The number of rotatable bonds is 7. The van der Waals surface area contributed by atoms with Crippen LogP contribution in [0.1, 0.15) is 34.5 Å². The molecule has 0 atom stereocenters. The third-order valence-electron chi connectivity index (χ3n) is 4.36. The molecule has 0 saturated carbocycles. The van der Waals surface area contributed by atoms with Gasteiger partial charge in [-0.2, -0.15) is 31.4 Å². The molecule has 0 bridgehead atoms. The Balaban J connectivity index is 0.00000385. The number of unbranched alkanes of at least 4 members (excludes halogenated alkanes) is 1. The highest BCUT2D eigenvalue weighted by atomic mass is 35.5. The van der Waals surface area contributed by atoms with Crippen LogP contribution < -0.4 is 11.1 Å². The molecule has 3 rings (SSSR count). The smallest absolute Gasteiger partial charge is 0.352 e. The van der Waals surface area contributed by atoms with E-state index < -0.39 is 35.1 Å². The highest BCUT2D eigenvalue weighted by Gasteiger charge is 2.41. The standard InChI is InChI=1S/C19H17F6N5OS.ClH/c20-18(21,22)12-5-3-4-11(8-12)14-10-32-17(29-14)30-15(19(23,24)25)13(9-28-30)16(31)27-7-2-1-6-26;/h3-5,8-10H,1-2,6-7,26H2,(H,27,31);1H. The van der Waals surface area contributed by atoms with Crippen molar-refractivity contribution in [1.29, 1.82) is 0 Å². The number of halogens is 7. The van der Waals surface area contributed by atoms with Gasteiger partial charge in [-0.05, 0) is 31.5 Å². The van der Waals surface area contributed by atoms with Crippen LogP contribution in [0.25, 0.3) is 16.4 Å². The van der Waals surface area contributed by atoms with Crippen LogP contribution in [0.15, 0.2) is 35.8 Å². The Morgan fingerprint density at radius 3 is 2.48 bits per heavy atom. The molecule has 180 valence electrons. The van der Waals surface area contributed by atoms with E-state index in [1.165, 1.54) is 17.5 Å². The summed E-state index contributed by atoms with van der Waals surface area (Å²) in [5.41, 5.74) is 2.57. The van der Waals surface area contributed by atoms with Crippen molar-refractivity contribution in [3.63, 3.8) is 0 Å². The number of nitrogens with two attached hydrogens (primary N) is 1. The number of alkyl halides is 6. The van der Waals surface area contributed by atoms with E-state index in [4.69, 9.17) is 5.73 Å². The zero-order chi connectivity index (χ0) is 23.5. The molecular weight excluding hydrogens is 496 g/mol. The average molecular weight is 514 g/mol. The third-order valence-corrected chi connectivity index (χ3v) is 5.17. The van der Waals surface area contributed by atoms with E-state index in [9.17, 15) is 31.1 Å². The molecule has 0 spiro atoms. The maximum atomic E-state index is 13.7. The minimum atomic E-state index is -4.93. The first-order valence-electron chi connectivity index (χ1n) is 9.29. The van der Waals surface area contributed by atoms with Crippen LogP contribution in [0.4, 0.5) is 26.3 Å². The second-order valence-electron chi connectivity index (χ2n) is 6.66. The van der Waals surface area contributed by atoms with Gasteiger partial charge in [-0.25, -0.2) is 9.67 Å². The van der Waals surface area contributed by atoms with Gasteiger partial charge in [0.05, 0.1) is 23.0 Å². The predicted molar refractivity (Wildman–Crippen MR) is 113 cm³/mol. The summed E-state index contributed by atoms with van der Waals surface area (Å²) >= 11 is 0.753. The summed E-state index contributed by atoms with van der Waals surface area (Å²) in [7, 11) is 0. The molecule has 33 heavy (non-hydrogen) atoms. The highest BCUT2D eigenvalue weighted by Crippen LogP contribution is 2.36. The predicted octanol–water partition coefficient (Wildman–Crippen LogP) is 4.92. The molecule has 1 aromatic carbocycles. The second-order valence-corrected chi connectivity index (χ2v) is 7.50. The summed E-state index contributed by atoms with van der Waals surface area (Å²) in [6, 6.07) is 4.28. The Labute approximate surface area is 194 Å². The number of thiazole rings is 1. The van der Waals surface area contributed by atoms with Crippen LogP contribution in [0.3, 0.4) is 0 Å². The number of amides is 1. The lowest BCUT2D eigenvalue weighted by Gasteiger charge is -2.11. The fourth-order valence-electron chi connectivity index (χ4n) is 2.85. The van der Waals surface area contributed by atoms with Crippen molar-refractivity contribution in [2.75, 3.05) is 13.1 Å².